The lowest BCUT2D eigenvalue weighted by molar-refractivity contribution is -0.135. The Hall–Kier alpha value is -2.57. The second-order valence-electron chi connectivity index (χ2n) is 6.72. The maximum atomic E-state index is 12.8. The lowest BCUT2D eigenvalue weighted by Gasteiger charge is -2.36. The maximum absolute atomic E-state index is 12.8. The van der Waals surface area contributed by atoms with E-state index in [1.165, 1.54) is 0 Å². The molecule has 0 aromatic carbocycles. The summed E-state index contributed by atoms with van der Waals surface area (Å²) in [4.78, 5) is 36.1. The highest BCUT2D eigenvalue weighted by molar-refractivity contribution is 5.92. The molecular weight excluding hydrogens is 318 g/mol. The highest BCUT2D eigenvalue weighted by Gasteiger charge is 2.29. The third-order valence-electron chi connectivity index (χ3n) is 4.70. The summed E-state index contributed by atoms with van der Waals surface area (Å²) in [6, 6.07) is 3.30. The van der Waals surface area contributed by atoms with E-state index in [1.807, 2.05) is 28.7 Å². The van der Waals surface area contributed by atoms with Gasteiger partial charge in [-0.05, 0) is 19.1 Å². The molecule has 7 heteroatoms. The van der Waals surface area contributed by atoms with Crippen molar-refractivity contribution in [3.05, 3.63) is 42.2 Å². The molecule has 0 spiro atoms. The van der Waals surface area contributed by atoms with Crippen LogP contribution >= 0.6 is 0 Å². The van der Waals surface area contributed by atoms with Gasteiger partial charge in [-0.3, -0.25) is 9.59 Å². The molecule has 25 heavy (non-hydrogen) atoms. The molecule has 0 bridgehead atoms. The lowest BCUT2D eigenvalue weighted by atomic mass is 10.1. The normalized spacial score (nSPS) is 16.3. The number of imidazole rings is 1. The van der Waals surface area contributed by atoms with Crippen molar-refractivity contribution >= 4 is 11.8 Å². The van der Waals surface area contributed by atoms with E-state index >= 15 is 0 Å². The Labute approximate surface area is 147 Å². The fraction of sp³-hybridized carbons (Fsp3) is 0.500. The average Bonchev–Trinajstić information content (AvgIpc) is 3.31. The molecule has 0 saturated carbocycles. The zero-order valence-corrected chi connectivity index (χ0v) is 15.0. The molecule has 7 nitrogen and oxygen atoms in total. The summed E-state index contributed by atoms with van der Waals surface area (Å²) in [6.45, 7) is 8.27. The van der Waals surface area contributed by atoms with Crippen molar-refractivity contribution in [1.29, 1.82) is 0 Å². The zero-order chi connectivity index (χ0) is 18.0. The number of nitrogens with zero attached hydrogens (tertiary/aromatic N) is 4. The Morgan fingerprint density at radius 3 is 2.40 bits per heavy atom. The predicted molar refractivity (Wildman–Crippen MR) is 94.3 cm³/mol. The number of nitrogens with one attached hydrogen (secondary N) is 1. The van der Waals surface area contributed by atoms with E-state index < -0.39 is 0 Å². The van der Waals surface area contributed by atoms with Crippen LogP contribution in [0.1, 0.15) is 49.0 Å². The molecule has 1 aliphatic heterocycles. The van der Waals surface area contributed by atoms with Crippen molar-refractivity contribution in [1.82, 2.24) is 24.3 Å². The minimum Gasteiger partial charge on any atom is -0.357 e. The van der Waals surface area contributed by atoms with E-state index in [1.54, 1.807) is 23.4 Å². The van der Waals surface area contributed by atoms with Gasteiger partial charge in [0.05, 0.1) is 0 Å². The smallest absolute Gasteiger partial charge is 0.270 e. The first-order valence-electron chi connectivity index (χ1n) is 8.73. The van der Waals surface area contributed by atoms with Crippen LogP contribution in [0.4, 0.5) is 0 Å². The summed E-state index contributed by atoms with van der Waals surface area (Å²) < 4.78 is 1.95. The third-order valence-corrected chi connectivity index (χ3v) is 4.70. The molecule has 0 aliphatic carbocycles. The van der Waals surface area contributed by atoms with Crippen LogP contribution < -0.4 is 0 Å². The Bertz CT molecular complexity index is 726. The summed E-state index contributed by atoms with van der Waals surface area (Å²) in [7, 11) is 0. The minimum atomic E-state index is -0.287. The number of aromatic amines is 1. The number of aromatic nitrogens is 3. The van der Waals surface area contributed by atoms with Crippen LogP contribution in [-0.4, -0.2) is 62.3 Å². The van der Waals surface area contributed by atoms with E-state index in [0.29, 0.717) is 31.9 Å². The molecule has 2 aromatic heterocycles. The number of H-pyrrole nitrogens is 1. The fourth-order valence-corrected chi connectivity index (χ4v) is 3.25. The largest absolute Gasteiger partial charge is 0.357 e. The Balaban J connectivity index is 1.61. The second kappa shape index (κ2) is 7.13. The summed E-state index contributed by atoms with van der Waals surface area (Å²) in [5.74, 6) is 1.25. The Kier molecular flexibility index (Phi) is 4.92. The fourth-order valence-electron chi connectivity index (χ4n) is 3.25. The first kappa shape index (κ1) is 17.3. The number of hydrogen-bond donors (Lipinski definition) is 1. The first-order valence-corrected chi connectivity index (χ1v) is 8.73. The average molecular weight is 343 g/mol. The van der Waals surface area contributed by atoms with Crippen molar-refractivity contribution in [2.75, 3.05) is 26.2 Å². The van der Waals surface area contributed by atoms with E-state index in [9.17, 15) is 9.59 Å². The topological polar surface area (TPSA) is 74.2 Å². The van der Waals surface area contributed by atoms with Gasteiger partial charge in [-0.25, -0.2) is 4.98 Å². The van der Waals surface area contributed by atoms with E-state index in [2.05, 4.69) is 23.8 Å². The van der Waals surface area contributed by atoms with Crippen molar-refractivity contribution < 1.29 is 9.59 Å². The molecule has 134 valence electrons. The van der Waals surface area contributed by atoms with Crippen LogP contribution in [0.15, 0.2) is 30.7 Å². The van der Waals surface area contributed by atoms with Gasteiger partial charge in [-0.15, -0.1) is 0 Å². The summed E-state index contributed by atoms with van der Waals surface area (Å²) in [6.07, 6.45) is 5.35. The van der Waals surface area contributed by atoms with Gasteiger partial charge >= 0.3 is 0 Å². The van der Waals surface area contributed by atoms with Crippen LogP contribution in [0.2, 0.25) is 0 Å². The van der Waals surface area contributed by atoms with Crippen molar-refractivity contribution in [3.63, 3.8) is 0 Å². The van der Waals surface area contributed by atoms with Crippen molar-refractivity contribution in [2.24, 2.45) is 0 Å². The molecule has 3 heterocycles. The number of amides is 2. The standard InChI is InChI=1S/C18H25N5O2/c1-13(2)16-20-7-8-23(16)14(3)17(24)21-9-11-22(12-10-21)18(25)15-5-4-6-19-15/h4-8,13-14,19H,9-12H2,1-3H3/t14-/m0/s1. The molecule has 2 aromatic rings. The monoisotopic (exact) mass is 343 g/mol. The Morgan fingerprint density at radius 2 is 1.80 bits per heavy atom. The highest BCUT2D eigenvalue weighted by Crippen LogP contribution is 2.20. The SMILES string of the molecule is CC(C)c1nccn1[C@@H](C)C(=O)N1CCN(C(=O)c2ccc[nH]2)CC1. The summed E-state index contributed by atoms with van der Waals surface area (Å²) >= 11 is 0. The molecule has 0 unspecified atom stereocenters. The molecule has 2 amide bonds. The maximum Gasteiger partial charge on any atom is 0.270 e. The van der Waals surface area contributed by atoms with Gasteiger partial charge in [-0.2, -0.15) is 0 Å². The first-order chi connectivity index (χ1) is 12.0. The molecule has 1 aliphatic rings. The molecule has 1 saturated heterocycles. The van der Waals surface area contributed by atoms with Crippen LogP contribution in [0.25, 0.3) is 0 Å². The second-order valence-corrected chi connectivity index (χ2v) is 6.72. The molecule has 1 atom stereocenters. The number of rotatable bonds is 4. The van der Waals surface area contributed by atoms with Gasteiger partial charge in [0.25, 0.3) is 5.91 Å². The predicted octanol–water partition coefficient (Wildman–Crippen LogP) is 1.88. The number of hydrogen-bond acceptors (Lipinski definition) is 3. The van der Waals surface area contributed by atoms with Gasteiger partial charge < -0.3 is 19.4 Å². The zero-order valence-electron chi connectivity index (χ0n) is 15.0. The van der Waals surface area contributed by atoms with Gasteiger partial charge in [0.2, 0.25) is 5.91 Å². The van der Waals surface area contributed by atoms with Crippen molar-refractivity contribution in [2.45, 2.75) is 32.7 Å². The summed E-state index contributed by atoms with van der Waals surface area (Å²) in [5, 5.41) is 0. The third kappa shape index (κ3) is 3.45. The summed E-state index contributed by atoms with van der Waals surface area (Å²) in [5.41, 5.74) is 0.591. The van der Waals surface area contributed by atoms with Crippen LogP contribution in [-0.2, 0) is 4.79 Å². The minimum absolute atomic E-state index is 0.0122. The quantitative estimate of drug-likeness (QED) is 0.921. The van der Waals surface area contributed by atoms with Gasteiger partial charge in [-0.1, -0.05) is 13.8 Å². The van der Waals surface area contributed by atoms with Crippen LogP contribution in [0.5, 0.6) is 0 Å². The molecule has 1 N–H and O–H groups in total. The van der Waals surface area contributed by atoms with Crippen molar-refractivity contribution in [3.8, 4) is 0 Å². The van der Waals surface area contributed by atoms with Gasteiger partial charge in [0, 0.05) is 50.7 Å². The molecular formula is C18H25N5O2. The number of carbonyl (C=O) groups is 2. The highest BCUT2D eigenvalue weighted by atomic mass is 16.2. The number of carbonyl (C=O) groups excluding carboxylic acids is 2. The van der Waals surface area contributed by atoms with E-state index in [-0.39, 0.29) is 23.8 Å². The van der Waals surface area contributed by atoms with Gasteiger partial charge in [0.15, 0.2) is 0 Å². The lowest BCUT2D eigenvalue weighted by Crippen LogP contribution is -2.52. The van der Waals surface area contributed by atoms with E-state index in [0.717, 1.165) is 5.82 Å². The molecule has 0 radical (unpaired) electrons. The van der Waals surface area contributed by atoms with Crippen LogP contribution in [0, 0.1) is 0 Å². The van der Waals surface area contributed by atoms with E-state index in [4.69, 9.17) is 0 Å². The molecule has 3 rings (SSSR count). The molecule has 1 fully saturated rings. The van der Waals surface area contributed by atoms with Gasteiger partial charge in [0.1, 0.15) is 17.6 Å². The van der Waals surface area contributed by atoms with Crippen LogP contribution in [0.3, 0.4) is 0 Å². The number of piperazine rings is 1. The Morgan fingerprint density at radius 1 is 1.12 bits per heavy atom.